The molecule has 37 heavy (non-hydrogen) atoms. The van der Waals surface area contributed by atoms with Crippen LogP contribution in [0, 0.1) is 16.7 Å². The van der Waals surface area contributed by atoms with E-state index in [9.17, 15) is 5.26 Å². The smallest absolute Gasteiger partial charge is 0.124 e. The predicted octanol–water partition coefficient (Wildman–Crippen LogP) is 7.11. The first-order valence-corrected chi connectivity index (χ1v) is 11.5. The van der Waals surface area contributed by atoms with Crippen LogP contribution in [0.25, 0.3) is 33.1 Å². The highest BCUT2D eigenvalue weighted by atomic mass is 16.5. The van der Waals surface area contributed by atoms with E-state index in [1.54, 1.807) is 7.11 Å². The van der Waals surface area contributed by atoms with Crippen molar-refractivity contribution in [1.29, 1.82) is 10.7 Å². The zero-order valence-corrected chi connectivity index (χ0v) is 20.0. The molecule has 6 nitrogen and oxygen atoms in total. The second-order valence-corrected chi connectivity index (χ2v) is 8.64. The number of methoxy groups -OCH3 is 1. The second kappa shape index (κ2) is 11.0. The molecule has 5 aromatic rings. The quantitative estimate of drug-likeness (QED) is 0.256. The first-order chi connectivity index (χ1) is 17.0. The van der Waals surface area contributed by atoms with Crippen LogP contribution in [-0.4, -0.2) is 27.6 Å². The van der Waals surface area contributed by atoms with Gasteiger partial charge in [-0.05, 0) is 54.7 Å². The Labute approximate surface area is 218 Å². The summed E-state index contributed by atoms with van der Waals surface area (Å²) in [6.45, 7) is 1.82. The SMILES string of the molecule is C.C.COc1cc2ncc3c(c(-c4ccc(C#N)cc4)nn3C)c2cc1CCc1ccccc1C(C)=N. The molecule has 0 radical (unpaired) electrons. The van der Waals surface area contributed by atoms with Crippen LogP contribution in [0.1, 0.15) is 44.0 Å². The van der Waals surface area contributed by atoms with Gasteiger partial charge in [-0.3, -0.25) is 9.67 Å². The highest BCUT2D eigenvalue weighted by molar-refractivity contribution is 6.11. The molecule has 0 unspecified atom stereocenters. The summed E-state index contributed by atoms with van der Waals surface area (Å²) < 4.78 is 7.59. The molecule has 6 heteroatoms. The Hall–Kier alpha value is -4.50. The van der Waals surface area contributed by atoms with Crippen molar-refractivity contribution in [2.24, 2.45) is 7.05 Å². The average Bonchev–Trinajstić information content (AvgIpc) is 3.23. The van der Waals surface area contributed by atoms with Gasteiger partial charge >= 0.3 is 0 Å². The van der Waals surface area contributed by atoms with E-state index in [1.165, 1.54) is 0 Å². The Morgan fingerprint density at radius 3 is 2.41 bits per heavy atom. The summed E-state index contributed by atoms with van der Waals surface area (Å²) >= 11 is 0. The van der Waals surface area contributed by atoms with E-state index in [1.807, 2.05) is 73.4 Å². The number of nitrogens with one attached hydrogen (secondary N) is 1. The van der Waals surface area contributed by atoms with Gasteiger partial charge in [0.2, 0.25) is 0 Å². The Balaban J connectivity index is 0.00000190. The number of nitrogens with zero attached hydrogens (tertiary/aromatic N) is 4. The highest BCUT2D eigenvalue weighted by Crippen LogP contribution is 2.36. The summed E-state index contributed by atoms with van der Waals surface area (Å²) in [6.07, 6.45) is 3.42. The van der Waals surface area contributed by atoms with E-state index < -0.39 is 0 Å². The number of ether oxygens (including phenoxy) is 1. The minimum Gasteiger partial charge on any atom is -0.496 e. The van der Waals surface area contributed by atoms with Gasteiger partial charge < -0.3 is 10.1 Å². The van der Waals surface area contributed by atoms with Gasteiger partial charge in [-0.2, -0.15) is 10.4 Å². The Morgan fingerprint density at radius 1 is 1.03 bits per heavy atom. The molecule has 1 N–H and O–H groups in total. The summed E-state index contributed by atoms with van der Waals surface area (Å²) in [5, 5.41) is 24.1. The van der Waals surface area contributed by atoms with Crippen LogP contribution >= 0.6 is 0 Å². The molecule has 5 rings (SSSR count). The zero-order chi connectivity index (χ0) is 24.5. The fraction of sp³-hybridized carbons (Fsp3) is 0.226. The normalized spacial score (nSPS) is 10.4. The maximum Gasteiger partial charge on any atom is 0.124 e. The number of fused-ring (bicyclic) bond motifs is 3. The number of aryl methyl sites for hydroxylation is 3. The molecule has 0 aliphatic heterocycles. The molecule has 2 aromatic heterocycles. The predicted molar refractivity (Wildman–Crippen MR) is 153 cm³/mol. The molecule has 0 amide bonds. The number of hydrogen-bond acceptors (Lipinski definition) is 5. The molecule has 0 saturated carbocycles. The van der Waals surface area contributed by atoms with E-state index in [4.69, 9.17) is 20.2 Å². The standard InChI is InChI=1S/C29H25N5O.2CH4/c1-18(31)23-7-5-4-6-20(23)12-13-22-14-24-25(15-27(22)35-3)32-17-26-28(24)29(33-34(26)2)21-10-8-19(16-30)9-11-21;;/h4-11,14-15,17,31H,12-13H2,1-3H3;2*1H4. The lowest BCUT2D eigenvalue weighted by atomic mass is 9.95. The van der Waals surface area contributed by atoms with Gasteiger partial charge in [0, 0.05) is 35.2 Å². The fourth-order valence-electron chi connectivity index (χ4n) is 4.67. The van der Waals surface area contributed by atoms with Gasteiger partial charge in [-0.1, -0.05) is 51.3 Å². The Bertz CT molecular complexity index is 1620. The van der Waals surface area contributed by atoms with Gasteiger partial charge in [0.25, 0.3) is 0 Å². The van der Waals surface area contributed by atoms with Crippen LogP contribution in [0.3, 0.4) is 0 Å². The van der Waals surface area contributed by atoms with Crippen LogP contribution in [0.4, 0.5) is 0 Å². The van der Waals surface area contributed by atoms with Crippen LogP contribution in [0.5, 0.6) is 5.75 Å². The first-order valence-electron chi connectivity index (χ1n) is 11.5. The van der Waals surface area contributed by atoms with Crippen LogP contribution < -0.4 is 4.74 Å². The molecule has 0 aliphatic carbocycles. The number of pyridine rings is 1. The van der Waals surface area contributed by atoms with Crippen molar-refractivity contribution in [3.05, 3.63) is 89.1 Å². The van der Waals surface area contributed by atoms with Gasteiger partial charge in [-0.15, -0.1) is 0 Å². The minimum atomic E-state index is 0. The monoisotopic (exact) mass is 491 g/mol. The molecule has 0 spiro atoms. The number of benzene rings is 3. The second-order valence-electron chi connectivity index (χ2n) is 8.64. The molecule has 2 heterocycles. The van der Waals surface area contributed by atoms with Crippen molar-refractivity contribution in [1.82, 2.24) is 14.8 Å². The van der Waals surface area contributed by atoms with Crippen LogP contribution in [0.2, 0.25) is 0 Å². The average molecular weight is 492 g/mol. The van der Waals surface area contributed by atoms with Crippen LogP contribution in [-0.2, 0) is 19.9 Å². The summed E-state index contributed by atoms with van der Waals surface area (Å²) in [5.74, 6) is 0.803. The third-order valence-corrected chi connectivity index (χ3v) is 6.46. The number of aromatic nitrogens is 3. The number of rotatable bonds is 6. The van der Waals surface area contributed by atoms with E-state index in [0.29, 0.717) is 11.3 Å². The maximum absolute atomic E-state index is 9.17. The maximum atomic E-state index is 9.17. The largest absolute Gasteiger partial charge is 0.496 e. The minimum absolute atomic E-state index is 0. The fourth-order valence-corrected chi connectivity index (χ4v) is 4.67. The third-order valence-electron chi connectivity index (χ3n) is 6.46. The molecule has 0 bridgehead atoms. The summed E-state index contributed by atoms with van der Waals surface area (Å²) in [4.78, 5) is 4.70. The van der Waals surface area contributed by atoms with E-state index >= 15 is 0 Å². The van der Waals surface area contributed by atoms with Gasteiger partial charge in [-0.25, -0.2) is 0 Å². The van der Waals surface area contributed by atoms with Crippen molar-refractivity contribution < 1.29 is 4.74 Å². The number of hydrogen-bond donors (Lipinski definition) is 1. The molecular weight excluding hydrogens is 458 g/mol. The van der Waals surface area contributed by atoms with Crippen molar-refractivity contribution in [2.45, 2.75) is 34.6 Å². The summed E-state index contributed by atoms with van der Waals surface area (Å²) in [7, 11) is 3.61. The molecule has 0 saturated heterocycles. The van der Waals surface area contributed by atoms with Crippen molar-refractivity contribution >= 4 is 27.5 Å². The van der Waals surface area contributed by atoms with Crippen LogP contribution in [0.15, 0.2) is 66.9 Å². The highest BCUT2D eigenvalue weighted by Gasteiger charge is 2.17. The number of nitriles is 1. The molecule has 3 aromatic carbocycles. The molecule has 188 valence electrons. The van der Waals surface area contributed by atoms with E-state index in [0.717, 1.165) is 68.3 Å². The topological polar surface area (TPSA) is 87.6 Å². The van der Waals surface area contributed by atoms with Gasteiger partial charge in [0.1, 0.15) is 11.4 Å². The van der Waals surface area contributed by atoms with E-state index in [-0.39, 0.29) is 14.9 Å². The molecule has 0 fully saturated rings. The summed E-state index contributed by atoms with van der Waals surface area (Å²) in [5.41, 5.74) is 8.00. The lowest BCUT2D eigenvalue weighted by Crippen LogP contribution is -2.02. The lowest BCUT2D eigenvalue weighted by Gasteiger charge is -2.13. The van der Waals surface area contributed by atoms with Gasteiger partial charge in [0.05, 0.1) is 36.0 Å². The first kappa shape index (κ1) is 27.1. The molecule has 0 aliphatic rings. The zero-order valence-electron chi connectivity index (χ0n) is 20.0. The molecular formula is C31H33N5O. The van der Waals surface area contributed by atoms with Crippen molar-refractivity contribution in [3.8, 4) is 23.1 Å². The lowest BCUT2D eigenvalue weighted by molar-refractivity contribution is 0.410. The van der Waals surface area contributed by atoms with Crippen molar-refractivity contribution in [2.75, 3.05) is 7.11 Å². The molecule has 0 atom stereocenters. The Kier molecular flexibility index (Phi) is 8.09. The van der Waals surface area contributed by atoms with Gasteiger partial charge in [0.15, 0.2) is 0 Å². The third kappa shape index (κ3) is 4.94. The summed E-state index contributed by atoms with van der Waals surface area (Å²) in [6, 6.07) is 21.9. The van der Waals surface area contributed by atoms with E-state index in [2.05, 4.69) is 18.2 Å². The van der Waals surface area contributed by atoms with Crippen molar-refractivity contribution in [3.63, 3.8) is 0 Å². The Morgan fingerprint density at radius 2 is 1.73 bits per heavy atom.